The number of esters is 1. The minimum atomic E-state index is -4.50. The number of hydrogen-bond acceptors (Lipinski definition) is 6. The van der Waals surface area contributed by atoms with Gasteiger partial charge >= 0.3 is 12.1 Å². The summed E-state index contributed by atoms with van der Waals surface area (Å²) in [4.78, 5) is 18.4. The third-order valence-electron chi connectivity index (χ3n) is 5.00. The van der Waals surface area contributed by atoms with Gasteiger partial charge in [0, 0.05) is 18.7 Å². The Hall–Kier alpha value is -4.05. The van der Waals surface area contributed by atoms with Crippen molar-refractivity contribution < 1.29 is 31.1 Å². The Morgan fingerprint density at radius 3 is 2.08 bits per heavy atom. The number of nitrogens with zero attached hydrogens (tertiary/aromatic N) is 2. The van der Waals surface area contributed by atoms with Crippen LogP contribution in [-0.2, 0) is 25.5 Å². The molecule has 38 heavy (non-hydrogen) atoms. The molecular formula is C28H27F3N2O4S. The predicted molar refractivity (Wildman–Crippen MR) is 142 cm³/mol. The molecule has 200 valence electrons. The number of carbonyl (C=O) groups excluding carboxylic acids is 1. The molecule has 0 unspecified atom stereocenters. The number of rotatable bonds is 4. The van der Waals surface area contributed by atoms with Crippen LogP contribution in [-0.4, -0.2) is 37.2 Å². The first-order valence-electron chi connectivity index (χ1n) is 11.3. The second kappa shape index (κ2) is 13.0. The molecule has 0 bridgehead atoms. The first-order chi connectivity index (χ1) is 17.9. The van der Waals surface area contributed by atoms with Gasteiger partial charge in [-0.15, -0.1) is 13.2 Å². The SMILES string of the molecule is C=C.CCOC(C)=O.CS(=O)(=O)c1cccc(-c2ccc(-c3cnc4c(C(F)(F)F)cccc4n3)cc2)c1. The van der Waals surface area contributed by atoms with Gasteiger partial charge in [0.25, 0.3) is 0 Å². The minimum Gasteiger partial charge on any atom is -0.466 e. The van der Waals surface area contributed by atoms with Crippen LogP contribution < -0.4 is 0 Å². The lowest BCUT2D eigenvalue weighted by atomic mass is 10.0. The topological polar surface area (TPSA) is 86.2 Å². The van der Waals surface area contributed by atoms with Crippen molar-refractivity contribution in [2.24, 2.45) is 0 Å². The van der Waals surface area contributed by atoms with Crippen LogP contribution in [0.25, 0.3) is 33.4 Å². The van der Waals surface area contributed by atoms with Crippen LogP contribution in [0.2, 0.25) is 0 Å². The fourth-order valence-corrected chi connectivity index (χ4v) is 4.02. The molecule has 10 heteroatoms. The quantitative estimate of drug-likeness (QED) is 0.209. The van der Waals surface area contributed by atoms with E-state index in [-0.39, 0.29) is 21.9 Å². The third-order valence-corrected chi connectivity index (χ3v) is 6.11. The Kier molecular flexibility index (Phi) is 10.3. The molecule has 0 amide bonds. The van der Waals surface area contributed by atoms with E-state index in [2.05, 4.69) is 27.9 Å². The fourth-order valence-electron chi connectivity index (χ4n) is 3.35. The van der Waals surface area contributed by atoms with E-state index in [1.807, 2.05) is 0 Å². The first kappa shape index (κ1) is 30.2. The van der Waals surface area contributed by atoms with Crippen molar-refractivity contribution in [3.8, 4) is 22.4 Å². The highest BCUT2D eigenvalue weighted by atomic mass is 32.2. The number of ether oxygens (including phenoxy) is 1. The van der Waals surface area contributed by atoms with Gasteiger partial charge in [-0.2, -0.15) is 13.2 Å². The molecule has 0 N–H and O–H groups in total. The number of sulfone groups is 1. The lowest BCUT2D eigenvalue weighted by Crippen LogP contribution is -2.07. The summed E-state index contributed by atoms with van der Waals surface area (Å²) in [7, 11) is -3.32. The molecule has 3 aromatic carbocycles. The van der Waals surface area contributed by atoms with Crippen LogP contribution in [0.1, 0.15) is 19.4 Å². The molecule has 0 aliphatic heterocycles. The van der Waals surface area contributed by atoms with Crippen molar-refractivity contribution in [1.82, 2.24) is 9.97 Å². The van der Waals surface area contributed by atoms with E-state index in [1.165, 1.54) is 31.3 Å². The largest absolute Gasteiger partial charge is 0.466 e. The van der Waals surface area contributed by atoms with Crippen molar-refractivity contribution in [1.29, 1.82) is 0 Å². The molecule has 0 aliphatic rings. The van der Waals surface area contributed by atoms with E-state index in [0.29, 0.717) is 17.9 Å². The number of para-hydroxylation sites is 1. The highest BCUT2D eigenvalue weighted by Crippen LogP contribution is 2.34. The zero-order valence-corrected chi connectivity index (χ0v) is 21.9. The summed E-state index contributed by atoms with van der Waals surface area (Å²) >= 11 is 0. The molecule has 1 heterocycles. The van der Waals surface area contributed by atoms with Gasteiger partial charge in [0.15, 0.2) is 9.84 Å². The van der Waals surface area contributed by atoms with Crippen molar-refractivity contribution in [2.75, 3.05) is 12.9 Å². The maximum Gasteiger partial charge on any atom is 0.418 e. The highest BCUT2D eigenvalue weighted by molar-refractivity contribution is 7.90. The number of alkyl halides is 3. The number of aromatic nitrogens is 2. The molecule has 0 saturated carbocycles. The summed E-state index contributed by atoms with van der Waals surface area (Å²) < 4.78 is 67.4. The van der Waals surface area contributed by atoms with E-state index < -0.39 is 21.6 Å². The Morgan fingerprint density at radius 1 is 0.947 bits per heavy atom. The molecule has 0 radical (unpaired) electrons. The van der Waals surface area contributed by atoms with Crippen LogP contribution in [0.4, 0.5) is 13.2 Å². The van der Waals surface area contributed by atoms with Gasteiger partial charge in [0.1, 0.15) is 5.52 Å². The van der Waals surface area contributed by atoms with Crippen molar-refractivity contribution in [3.63, 3.8) is 0 Å². The lowest BCUT2D eigenvalue weighted by molar-refractivity contribution is -0.140. The highest BCUT2D eigenvalue weighted by Gasteiger charge is 2.33. The number of benzene rings is 3. The molecule has 0 atom stereocenters. The Balaban J connectivity index is 0.000000560. The van der Waals surface area contributed by atoms with Crippen LogP contribution in [0.5, 0.6) is 0 Å². The summed E-state index contributed by atoms with van der Waals surface area (Å²) in [6.07, 6.45) is -2.04. The summed E-state index contributed by atoms with van der Waals surface area (Å²) in [6.45, 7) is 9.65. The zero-order chi connectivity index (χ0) is 28.5. The maximum atomic E-state index is 13.1. The van der Waals surface area contributed by atoms with Gasteiger partial charge < -0.3 is 4.74 Å². The smallest absolute Gasteiger partial charge is 0.418 e. The second-order valence-electron chi connectivity index (χ2n) is 7.73. The molecule has 0 saturated heterocycles. The van der Waals surface area contributed by atoms with Gasteiger partial charge in [-0.25, -0.2) is 13.4 Å². The van der Waals surface area contributed by atoms with Crippen molar-refractivity contribution in [2.45, 2.75) is 24.9 Å². The Bertz CT molecular complexity index is 1500. The maximum absolute atomic E-state index is 13.1. The zero-order valence-electron chi connectivity index (χ0n) is 21.1. The van der Waals surface area contributed by atoms with Gasteiger partial charge in [-0.3, -0.25) is 9.78 Å². The fraction of sp³-hybridized carbons (Fsp3) is 0.179. The normalized spacial score (nSPS) is 11.0. The van der Waals surface area contributed by atoms with Crippen LogP contribution in [0, 0.1) is 0 Å². The van der Waals surface area contributed by atoms with E-state index in [9.17, 15) is 26.4 Å². The molecule has 4 rings (SSSR count). The molecule has 1 aromatic heterocycles. The minimum absolute atomic E-state index is 0.159. The molecule has 0 fully saturated rings. The van der Waals surface area contributed by atoms with E-state index in [0.717, 1.165) is 23.4 Å². The Labute approximate surface area is 219 Å². The number of halogens is 3. The van der Waals surface area contributed by atoms with Gasteiger partial charge in [-0.05, 0) is 42.3 Å². The van der Waals surface area contributed by atoms with Crippen molar-refractivity contribution in [3.05, 3.63) is 91.6 Å². The first-order valence-corrected chi connectivity index (χ1v) is 13.2. The van der Waals surface area contributed by atoms with Crippen LogP contribution in [0.3, 0.4) is 0 Å². The molecule has 4 aromatic rings. The molecular weight excluding hydrogens is 517 g/mol. The van der Waals surface area contributed by atoms with Crippen molar-refractivity contribution >= 4 is 26.8 Å². The summed E-state index contributed by atoms with van der Waals surface area (Å²) in [6, 6.07) is 17.5. The average Bonchev–Trinajstić information content (AvgIpc) is 2.88. The van der Waals surface area contributed by atoms with Gasteiger partial charge in [-0.1, -0.05) is 42.5 Å². The average molecular weight is 545 g/mol. The number of carbonyl (C=O) groups is 1. The summed E-state index contributed by atoms with van der Waals surface area (Å²) in [5.41, 5.74) is 1.82. The summed E-state index contributed by atoms with van der Waals surface area (Å²) in [5.74, 6) is -0.211. The van der Waals surface area contributed by atoms with E-state index >= 15 is 0 Å². The summed E-state index contributed by atoms with van der Waals surface area (Å²) in [5, 5.41) is 0. The second-order valence-corrected chi connectivity index (χ2v) is 9.74. The predicted octanol–water partition coefficient (Wildman–Crippen LogP) is 6.76. The lowest BCUT2D eigenvalue weighted by Gasteiger charge is -2.10. The molecule has 6 nitrogen and oxygen atoms in total. The molecule has 0 spiro atoms. The number of hydrogen-bond donors (Lipinski definition) is 0. The molecule has 0 aliphatic carbocycles. The number of fused-ring (bicyclic) bond motifs is 1. The van der Waals surface area contributed by atoms with Gasteiger partial charge in [0.2, 0.25) is 0 Å². The van der Waals surface area contributed by atoms with E-state index in [1.54, 1.807) is 49.4 Å². The third kappa shape index (κ3) is 7.97. The monoisotopic (exact) mass is 544 g/mol. The standard InChI is InChI=1S/C22H15F3N2O2S.C4H8O2.C2H4/c1-30(28,29)17-5-2-4-16(12-17)14-8-10-15(11-9-14)20-13-26-21-18(22(23,24)25)6-3-7-19(21)27-20;1-3-6-4(2)5;1-2/h2-13H,1H3;3H2,1-2H3;1-2H2. The van der Waals surface area contributed by atoms with Crippen LogP contribution in [0.15, 0.2) is 91.0 Å². The van der Waals surface area contributed by atoms with Crippen LogP contribution >= 0.6 is 0 Å². The van der Waals surface area contributed by atoms with Gasteiger partial charge in [0.05, 0.1) is 34.5 Å². The Morgan fingerprint density at radius 2 is 1.55 bits per heavy atom. The van der Waals surface area contributed by atoms with E-state index in [4.69, 9.17) is 0 Å².